The molecule has 0 fully saturated rings. The van der Waals surface area contributed by atoms with Gasteiger partial charge in [0.1, 0.15) is 11.6 Å². The Morgan fingerprint density at radius 2 is 2.07 bits per heavy atom. The fourth-order valence-electron chi connectivity index (χ4n) is 1.21. The van der Waals surface area contributed by atoms with E-state index in [1.807, 2.05) is 26.0 Å². The maximum Gasteiger partial charge on any atom is 0.142 e. The van der Waals surface area contributed by atoms with Crippen LogP contribution in [0, 0.1) is 5.92 Å². The van der Waals surface area contributed by atoms with Crippen molar-refractivity contribution in [3.63, 3.8) is 0 Å². The number of nitrogen functional groups attached to an aromatic ring is 1. The highest BCUT2D eigenvalue weighted by molar-refractivity contribution is 5.44. The predicted molar refractivity (Wildman–Crippen MR) is 61.4 cm³/mol. The van der Waals surface area contributed by atoms with Gasteiger partial charge in [-0.25, -0.2) is 10.8 Å². The molecule has 1 rings (SSSR count). The summed E-state index contributed by atoms with van der Waals surface area (Å²) >= 11 is 0. The Kier molecular flexibility index (Phi) is 4.33. The standard InChI is InChI=1S/C10H18N4O/c1-7(2)8(6-15)12-9-4-3-5-10(13-9)14-11/h3-5,7-8,15H,6,11H2,1-2H3,(H2,12,13,14). The maximum atomic E-state index is 9.15. The van der Waals surface area contributed by atoms with Gasteiger partial charge in [-0.15, -0.1) is 0 Å². The number of pyridine rings is 1. The van der Waals surface area contributed by atoms with Gasteiger partial charge in [-0.2, -0.15) is 0 Å². The molecule has 0 bridgehead atoms. The van der Waals surface area contributed by atoms with Crippen molar-refractivity contribution in [1.29, 1.82) is 0 Å². The van der Waals surface area contributed by atoms with E-state index in [1.54, 1.807) is 6.07 Å². The molecule has 1 unspecified atom stereocenters. The molecule has 0 aliphatic carbocycles. The Hall–Kier alpha value is -1.33. The number of aliphatic hydroxyl groups excluding tert-OH is 1. The quantitative estimate of drug-likeness (QED) is 0.427. The Morgan fingerprint density at radius 3 is 2.60 bits per heavy atom. The second-order valence-electron chi connectivity index (χ2n) is 3.73. The molecule has 0 saturated carbocycles. The molecule has 5 N–H and O–H groups in total. The molecule has 0 radical (unpaired) electrons. The lowest BCUT2D eigenvalue weighted by Gasteiger charge is -2.20. The summed E-state index contributed by atoms with van der Waals surface area (Å²) in [4.78, 5) is 4.20. The van der Waals surface area contributed by atoms with Crippen LogP contribution in [-0.2, 0) is 0 Å². The van der Waals surface area contributed by atoms with Crippen LogP contribution in [0.4, 0.5) is 11.6 Å². The highest BCUT2D eigenvalue weighted by atomic mass is 16.3. The summed E-state index contributed by atoms with van der Waals surface area (Å²) in [7, 11) is 0. The van der Waals surface area contributed by atoms with Crippen LogP contribution >= 0.6 is 0 Å². The van der Waals surface area contributed by atoms with Crippen LogP contribution in [-0.4, -0.2) is 22.7 Å². The summed E-state index contributed by atoms with van der Waals surface area (Å²) in [5, 5.41) is 12.3. The van der Waals surface area contributed by atoms with E-state index in [0.29, 0.717) is 17.6 Å². The van der Waals surface area contributed by atoms with Gasteiger partial charge in [0.15, 0.2) is 0 Å². The molecule has 5 nitrogen and oxygen atoms in total. The van der Waals surface area contributed by atoms with Crippen molar-refractivity contribution in [3.8, 4) is 0 Å². The van der Waals surface area contributed by atoms with E-state index in [1.165, 1.54) is 0 Å². The largest absolute Gasteiger partial charge is 0.394 e. The molecule has 0 aliphatic rings. The number of rotatable bonds is 5. The summed E-state index contributed by atoms with van der Waals surface area (Å²) in [6.45, 7) is 4.16. The average molecular weight is 210 g/mol. The molecule has 0 aromatic carbocycles. The zero-order valence-electron chi connectivity index (χ0n) is 9.07. The number of nitrogens with two attached hydrogens (primary N) is 1. The van der Waals surface area contributed by atoms with Crippen LogP contribution in [0.2, 0.25) is 0 Å². The molecule has 0 aliphatic heterocycles. The summed E-state index contributed by atoms with van der Waals surface area (Å²) in [5.41, 5.74) is 2.47. The van der Waals surface area contributed by atoms with Gasteiger partial charge in [0.05, 0.1) is 12.6 Å². The van der Waals surface area contributed by atoms with Gasteiger partial charge in [-0.05, 0) is 18.1 Å². The maximum absolute atomic E-state index is 9.15. The van der Waals surface area contributed by atoms with Crippen molar-refractivity contribution < 1.29 is 5.11 Å². The highest BCUT2D eigenvalue weighted by Gasteiger charge is 2.12. The molecule has 1 aromatic heterocycles. The van der Waals surface area contributed by atoms with E-state index < -0.39 is 0 Å². The number of aromatic nitrogens is 1. The van der Waals surface area contributed by atoms with Gasteiger partial charge in [-0.3, -0.25) is 0 Å². The second kappa shape index (κ2) is 5.53. The van der Waals surface area contributed by atoms with Gasteiger partial charge in [0, 0.05) is 0 Å². The minimum atomic E-state index is 0.00512. The molecule has 1 aromatic rings. The van der Waals surface area contributed by atoms with E-state index in [0.717, 1.165) is 0 Å². The van der Waals surface area contributed by atoms with Crippen molar-refractivity contribution >= 4 is 11.6 Å². The first-order chi connectivity index (χ1) is 7.17. The van der Waals surface area contributed by atoms with E-state index in [2.05, 4.69) is 15.7 Å². The predicted octanol–water partition coefficient (Wildman–Crippen LogP) is 0.796. The van der Waals surface area contributed by atoms with E-state index in [9.17, 15) is 0 Å². The van der Waals surface area contributed by atoms with Crippen LogP contribution in [0.3, 0.4) is 0 Å². The van der Waals surface area contributed by atoms with Gasteiger partial charge >= 0.3 is 0 Å². The molecule has 84 valence electrons. The lowest BCUT2D eigenvalue weighted by Crippen LogP contribution is -2.29. The summed E-state index contributed by atoms with van der Waals surface area (Å²) < 4.78 is 0. The minimum Gasteiger partial charge on any atom is -0.394 e. The van der Waals surface area contributed by atoms with E-state index >= 15 is 0 Å². The third-order valence-corrected chi connectivity index (χ3v) is 2.23. The summed E-state index contributed by atoms with van der Waals surface area (Å²) in [5.74, 6) is 6.90. The molecule has 5 heteroatoms. The molecule has 1 heterocycles. The molecular weight excluding hydrogens is 192 g/mol. The van der Waals surface area contributed by atoms with Crippen LogP contribution in [0.5, 0.6) is 0 Å². The molecular formula is C10H18N4O. The number of hydrogen-bond donors (Lipinski definition) is 4. The fourth-order valence-corrected chi connectivity index (χ4v) is 1.21. The van der Waals surface area contributed by atoms with Gasteiger partial charge < -0.3 is 15.8 Å². The monoisotopic (exact) mass is 210 g/mol. The molecule has 0 spiro atoms. The second-order valence-corrected chi connectivity index (χ2v) is 3.73. The molecule has 0 amide bonds. The van der Waals surface area contributed by atoms with Crippen LogP contribution in [0.15, 0.2) is 18.2 Å². The van der Waals surface area contributed by atoms with Gasteiger partial charge in [0.25, 0.3) is 0 Å². The Morgan fingerprint density at radius 1 is 1.40 bits per heavy atom. The zero-order valence-corrected chi connectivity index (χ0v) is 9.07. The van der Waals surface area contributed by atoms with Crippen molar-refractivity contribution in [2.45, 2.75) is 19.9 Å². The molecule has 1 atom stereocenters. The SMILES string of the molecule is CC(C)C(CO)Nc1cccc(NN)n1. The third-order valence-electron chi connectivity index (χ3n) is 2.23. The number of nitrogens with one attached hydrogen (secondary N) is 2. The molecule has 15 heavy (non-hydrogen) atoms. The first-order valence-electron chi connectivity index (χ1n) is 4.98. The lowest BCUT2D eigenvalue weighted by atomic mass is 10.1. The highest BCUT2D eigenvalue weighted by Crippen LogP contribution is 2.12. The van der Waals surface area contributed by atoms with Crippen molar-refractivity contribution in [2.75, 3.05) is 17.3 Å². The third kappa shape index (κ3) is 3.38. The van der Waals surface area contributed by atoms with E-state index in [4.69, 9.17) is 10.9 Å². The topological polar surface area (TPSA) is 83.2 Å². The number of hydrazine groups is 1. The normalized spacial score (nSPS) is 12.6. The first kappa shape index (κ1) is 11.7. The Balaban J connectivity index is 2.70. The average Bonchev–Trinajstić information content (AvgIpc) is 2.25. The number of nitrogens with zero attached hydrogens (tertiary/aromatic N) is 1. The van der Waals surface area contributed by atoms with Crippen LogP contribution in [0.25, 0.3) is 0 Å². The van der Waals surface area contributed by atoms with Gasteiger partial charge in [0.2, 0.25) is 0 Å². The van der Waals surface area contributed by atoms with Crippen LogP contribution < -0.4 is 16.6 Å². The number of hydrogen-bond acceptors (Lipinski definition) is 5. The first-order valence-corrected chi connectivity index (χ1v) is 4.98. The zero-order chi connectivity index (χ0) is 11.3. The van der Waals surface area contributed by atoms with Crippen molar-refractivity contribution in [2.24, 2.45) is 11.8 Å². The lowest BCUT2D eigenvalue weighted by molar-refractivity contribution is 0.249. The van der Waals surface area contributed by atoms with Gasteiger partial charge in [-0.1, -0.05) is 19.9 Å². The fraction of sp³-hybridized carbons (Fsp3) is 0.500. The van der Waals surface area contributed by atoms with E-state index in [-0.39, 0.29) is 12.6 Å². The Labute approximate surface area is 89.7 Å². The van der Waals surface area contributed by atoms with Crippen LogP contribution in [0.1, 0.15) is 13.8 Å². The Bertz CT molecular complexity index is 303. The number of anilines is 2. The molecule has 0 saturated heterocycles. The van der Waals surface area contributed by atoms with Crippen molar-refractivity contribution in [1.82, 2.24) is 4.98 Å². The smallest absolute Gasteiger partial charge is 0.142 e. The summed E-state index contributed by atoms with van der Waals surface area (Å²) in [6.07, 6.45) is 0. The number of aliphatic hydroxyl groups is 1. The summed E-state index contributed by atoms with van der Waals surface area (Å²) in [6, 6.07) is 5.46. The van der Waals surface area contributed by atoms with Crippen molar-refractivity contribution in [3.05, 3.63) is 18.2 Å². The minimum absolute atomic E-state index is 0.00512.